The van der Waals surface area contributed by atoms with Crippen LogP contribution < -0.4 is 14.8 Å². The monoisotopic (exact) mass is 298 g/mol. The number of nitrogens with one attached hydrogen (secondary N) is 1. The molecule has 0 aromatic heterocycles. The topological polar surface area (TPSA) is 105 Å². The van der Waals surface area contributed by atoms with Gasteiger partial charge in [-0.3, -0.25) is 4.79 Å². The van der Waals surface area contributed by atoms with Gasteiger partial charge < -0.3 is 14.8 Å². The van der Waals surface area contributed by atoms with Crippen molar-refractivity contribution in [1.29, 1.82) is 5.26 Å². The molecule has 0 heterocycles. The van der Waals surface area contributed by atoms with Crippen LogP contribution in [0.3, 0.4) is 0 Å². The van der Waals surface area contributed by atoms with Crippen molar-refractivity contribution < 1.29 is 22.7 Å². The highest BCUT2D eigenvalue weighted by molar-refractivity contribution is 7.92. The molecule has 0 fully saturated rings. The Morgan fingerprint density at radius 1 is 1.30 bits per heavy atom. The minimum absolute atomic E-state index is 0.375. The second-order valence-corrected chi connectivity index (χ2v) is 5.87. The highest BCUT2D eigenvalue weighted by Crippen LogP contribution is 2.29. The van der Waals surface area contributed by atoms with Crippen LogP contribution in [0.5, 0.6) is 11.5 Å². The van der Waals surface area contributed by atoms with Gasteiger partial charge in [-0.05, 0) is 12.1 Å². The zero-order valence-electron chi connectivity index (χ0n) is 11.0. The fourth-order valence-electron chi connectivity index (χ4n) is 1.46. The van der Waals surface area contributed by atoms with E-state index in [0.717, 1.165) is 0 Å². The third kappa shape index (κ3) is 4.44. The number of benzene rings is 1. The molecule has 1 aromatic carbocycles. The molecule has 0 saturated carbocycles. The van der Waals surface area contributed by atoms with Gasteiger partial charge in [0.2, 0.25) is 5.91 Å². The van der Waals surface area contributed by atoms with Gasteiger partial charge in [0, 0.05) is 11.8 Å². The lowest BCUT2D eigenvalue weighted by Crippen LogP contribution is -2.24. The van der Waals surface area contributed by atoms with Crippen molar-refractivity contribution in [3.63, 3.8) is 0 Å². The minimum Gasteiger partial charge on any atom is -0.493 e. The molecule has 0 spiro atoms. The van der Waals surface area contributed by atoms with Crippen LogP contribution in [0.1, 0.15) is 0 Å². The molecule has 1 amide bonds. The maximum Gasteiger partial charge on any atom is 0.239 e. The zero-order valence-corrected chi connectivity index (χ0v) is 11.9. The lowest BCUT2D eigenvalue weighted by molar-refractivity contribution is -0.113. The first-order valence-electron chi connectivity index (χ1n) is 5.51. The number of carbonyl (C=O) groups is 1. The summed E-state index contributed by atoms with van der Waals surface area (Å²) in [6.45, 7) is 0. The third-order valence-electron chi connectivity index (χ3n) is 2.30. The second kappa shape index (κ2) is 6.77. The molecule has 1 aromatic rings. The van der Waals surface area contributed by atoms with E-state index in [1.807, 2.05) is 0 Å². The lowest BCUT2D eigenvalue weighted by Gasteiger charge is -2.10. The van der Waals surface area contributed by atoms with Crippen LogP contribution in [0.4, 0.5) is 5.69 Å². The van der Waals surface area contributed by atoms with Crippen molar-refractivity contribution >= 4 is 21.4 Å². The van der Waals surface area contributed by atoms with E-state index < -0.39 is 27.3 Å². The largest absolute Gasteiger partial charge is 0.493 e. The predicted octanol–water partition coefficient (Wildman–Crippen LogP) is 0.581. The standard InChI is InChI=1S/C12H14N2O5S/c1-18-10-4-3-9(7-11(10)19-2)14-12(15)8-20(16,17)6-5-13/h3-4,7H,6,8H2,1-2H3,(H,14,15). The maximum atomic E-state index is 11.6. The van der Waals surface area contributed by atoms with Crippen molar-refractivity contribution in [3.05, 3.63) is 18.2 Å². The molecule has 108 valence electrons. The molecule has 0 unspecified atom stereocenters. The zero-order chi connectivity index (χ0) is 15.2. The number of ether oxygens (including phenoxy) is 2. The molecule has 0 aliphatic heterocycles. The van der Waals surface area contributed by atoms with E-state index in [-0.39, 0.29) is 0 Å². The minimum atomic E-state index is -3.71. The summed E-state index contributed by atoms with van der Waals surface area (Å²) in [6.07, 6.45) is 0. The number of nitrogens with zero attached hydrogens (tertiary/aromatic N) is 1. The van der Waals surface area contributed by atoms with Crippen LogP contribution in [0.2, 0.25) is 0 Å². The Balaban J connectivity index is 2.79. The fourth-order valence-corrected chi connectivity index (χ4v) is 2.23. The lowest BCUT2D eigenvalue weighted by atomic mass is 10.2. The first-order chi connectivity index (χ1) is 9.41. The van der Waals surface area contributed by atoms with Crippen molar-refractivity contribution in [2.75, 3.05) is 31.0 Å². The van der Waals surface area contributed by atoms with Gasteiger partial charge in [0.05, 0.1) is 20.3 Å². The van der Waals surface area contributed by atoms with E-state index in [2.05, 4.69) is 5.32 Å². The number of methoxy groups -OCH3 is 2. The first kappa shape index (κ1) is 15.8. The fraction of sp³-hybridized carbons (Fsp3) is 0.333. The summed E-state index contributed by atoms with van der Waals surface area (Å²) < 4.78 is 32.8. The number of rotatable bonds is 6. The van der Waals surface area contributed by atoms with Crippen LogP contribution in [-0.2, 0) is 14.6 Å². The van der Waals surface area contributed by atoms with E-state index >= 15 is 0 Å². The molecule has 0 atom stereocenters. The Bertz CT molecular complexity index is 634. The summed E-state index contributed by atoms with van der Waals surface area (Å²) in [5.74, 6) is -1.25. The number of anilines is 1. The second-order valence-electron chi connectivity index (χ2n) is 3.81. The van der Waals surface area contributed by atoms with Crippen molar-refractivity contribution in [1.82, 2.24) is 0 Å². The number of hydrogen-bond donors (Lipinski definition) is 1. The van der Waals surface area contributed by atoms with Gasteiger partial charge >= 0.3 is 0 Å². The van der Waals surface area contributed by atoms with Crippen molar-refractivity contribution in [2.24, 2.45) is 0 Å². The van der Waals surface area contributed by atoms with E-state index in [4.69, 9.17) is 14.7 Å². The molecule has 1 N–H and O–H groups in total. The van der Waals surface area contributed by atoms with Crippen LogP contribution in [0.25, 0.3) is 0 Å². The smallest absolute Gasteiger partial charge is 0.239 e. The first-order valence-corrected chi connectivity index (χ1v) is 7.33. The molecule has 1 rings (SSSR count). The quantitative estimate of drug-likeness (QED) is 0.823. The molecule has 8 heteroatoms. The molecule has 0 radical (unpaired) electrons. The molecule has 0 saturated heterocycles. The summed E-state index contributed by atoms with van der Waals surface area (Å²) >= 11 is 0. The number of hydrogen-bond acceptors (Lipinski definition) is 6. The van der Waals surface area contributed by atoms with Gasteiger partial charge in [0.25, 0.3) is 0 Å². The predicted molar refractivity (Wildman–Crippen MR) is 72.4 cm³/mol. The number of sulfone groups is 1. The van der Waals surface area contributed by atoms with Crippen LogP contribution in [0.15, 0.2) is 18.2 Å². The van der Waals surface area contributed by atoms with Gasteiger partial charge in [0.15, 0.2) is 21.3 Å². The van der Waals surface area contributed by atoms with Crippen molar-refractivity contribution in [2.45, 2.75) is 0 Å². The Morgan fingerprint density at radius 3 is 2.50 bits per heavy atom. The van der Waals surface area contributed by atoms with Gasteiger partial charge in [0.1, 0.15) is 11.5 Å². The molecule has 0 aliphatic carbocycles. The van der Waals surface area contributed by atoms with Crippen molar-refractivity contribution in [3.8, 4) is 17.6 Å². The van der Waals surface area contributed by atoms with Gasteiger partial charge in [-0.1, -0.05) is 0 Å². The summed E-state index contributed by atoms with van der Waals surface area (Å²) in [7, 11) is -0.787. The van der Waals surface area contributed by atoms with Gasteiger partial charge in [-0.25, -0.2) is 8.42 Å². The number of nitriles is 1. The number of carbonyl (C=O) groups excluding carboxylic acids is 1. The summed E-state index contributed by atoms with van der Waals surface area (Å²) in [6, 6.07) is 6.15. The molecule has 0 aliphatic rings. The maximum absolute atomic E-state index is 11.6. The number of amides is 1. The van der Waals surface area contributed by atoms with E-state index in [0.29, 0.717) is 17.2 Å². The Morgan fingerprint density at radius 2 is 1.95 bits per heavy atom. The Labute approximate surface area is 117 Å². The van der Waals surface area contributed by atoms with E-state index in [1.54, 1.807) is 12.1 Å². The molecule has 0 bridgehead atoms. The highest BCUT2D eigenvalue weighted by Gasteiger charge is 2.16. The van der Waals surface area contributed by atoms with Crippen LogP contribution >= 0.6 is 0 Å². The Kier molecular flexibility index (Phi) is 5.34. The average Bonchev–Trinajstić information content (AvgIpc) is 2.37. The van der Waals surface area contributed by atoms with Crippen LogP contribution in [0, 0.1) is 11.3 Å². The third-order valence-corrected chi connectivity index (χ3v) is 3.57. The summed E-state index contributed by atoms with van der Waals surface area (Å²) in [5, 5.41) is 10.8. The molecular weight excluding hydrogens is 284 g/mol. The molecular formula is C12H14N2O5S. The molecule has 7 nitrogen and oxygen atoms in total. The highest BCUT2D eigenvalue weighted by atomic mass is 32.2. The summed E-state index contributed by atoms with van der Waals surface area (Å²) in [5.41, 5.74) is 0.375. The van der Waals surface area contributed by atoms with E-state index in [9.17, 15) is 13.2 Å². The van der Waals surface area contributed by atoms with Gasteiger partial charge in [-0.2, -0.15) is 5.26 Å². The summed E-state index contributed by atoms with van der Waals surface area (Å²) in [4.78, 5) is 11.6. The SMILES string of the molecule is COc1ccc(NC(=O)CS(=O)(=O)CC#N)cc1OC. The van der Waals surface area contributed by atoms with E-state index in [1.165, 1.54) is 26.4 Å². The van der Waals surface area contributed by atoms with Gasteiger partial charge in [-0.15, -0.1) is 0 Å². The Hall–Kier alpha value is -2.27. The normalized spacial score (nSPS) is 10.4. The average molecular weight is 298 g/mol. The van der Waals surface area contributed by atoms with Crippen LogP contribution in [-0.4, -0.2) is 40.1 Å². The molecule has 20 heavy (non-hydrogen) atoms.